The Morgan fingerprint density at radius 3 is 2.70 bits per heavy atom. The predicted octanol–water partition coefficient (Wildman–Crippen LogP) is 3.63. The lowest BCUT2D eigenvalue weighted by Crippen LogP contribution is -2.26. The number of benzene rings is 1. The maximum absolute atomic E-state index is 9.96. The van der Waals surface area contributed by atoms with Gasteiger partial charge in [-0.05, 0) is 43.7 Å². The number of nitriles is 1. The first kappa shape index (κ1) is 14.9. The van der Waals surface area contributed by atoms with Crippen LogP contribution in [-0.4, -0.2) is 18.2 Å². The van der Waals surface area contributed by atoms with E-state index in [-0.39, 0.29) is 0 Å². The molecule has 1 saturated heterocycles. The predicted molar refractivity (Wildman–Crippen MR) is 81.6 cm³/mol. The van der Waals surface area contributed by atoms with Crippen LogP contribution in [0.15, 0.2) is 18.2 Å². The van der Waals surface area contributed by atoms with Crippen molar-refractivity contribution in [1.29, 1.82) is 5.26 Å². The second-order valence-electron chi connectivity index (χ2n) is 6.57. The van der Waals surface area contributed by atoms with Gasteiger partial charge in [0.15, 0.2) is 0 Å². The number of aliphatic hydroxyl groups is 1. The molecule has 0 amide bonds. The zero-order valence-electron chi connectivity index (χ0n) is 12.7. The van der Waals surface area contributed by atoms with Crippen LogP contribution in [0.25, 0.3) is 0 Å². The van der Waals surface area contributed by atoms with Gasteiger partial charge in [0.1, 0.15) is 0 Å². The van der Waals surface area contributed by atoms with E-state index in [4.69, 9.17) is 5.26 Å². The van der Waals surface area contributed by atoms with Crippen LogP contribution in [0.4, 0.5) is 5.69 Å². The Morgan fingerprint density at radius 1 is 1.30 bits per heavy atom. The third-order valence-electron chi connectivity index (χ3n) is 4.29. The lowest BCUT2D eigenvalue weighted by Gasteiger charge is -2.27. The van der Waals surface area contributed by atoms with Gasteiger partial charge in [0, 0.05) is 24.3 Å². The number of anilines is 1. The van der Waals surface area contributed by atoms with E-state index in [1.54, 1.807) is 13.0 Å². The molecule has 1 aromatic rings. The first-order chi connectivity index (χ1) is 9.43. The molecule has 0 aliphatic carbocycles. The zero-order valence-corrected chi connectivity index (χ0v) is 12.7. The Kier molecular flexibility index (Phi) is 4.35. The molecule has 1 atom stereocenters. The quantitative estimate of drug-likeness (QED) is 0.894. The van der Waals surface area contributed by atoms with Crippen molar-refractivity contribution in [2.24, 2.45) is 5.41 Å². The van der Waals surface area contributed by atoms with E-state index in [1.165, 1.54) is 6.42 Å². The van der Waals surface area contributed by atoms with Crippen LogP contribution < -0.4 is 4.90 Å². The van der Waals surface area contributed by atoms with Gasteiger partial charge in [-0.1, -0.05) is 19.9 Å². The fourth-order valence-electron chi connectivity index (χ4n) is 2.90. The topological polar surface area (TPSA) is 47.3 Å². The molecule has 1 N–H and O–H groups in total. The van der Waals surface area contributed by atoms with Crippen molar-refractivity contribution in [1.82, 2.24) is 0 Å². The van der Waals surface area contributed by atoms with Crippen molar-refractivity contribution in [3.05, 3.63) is 29.3 Å². The first-order valence-electron chi connectivity index (χ1n) is 7.40. The van der Waals surface area contributed by atoms with Crippen LogP contribution in [0, 0.1) is 16.7 Å². The Labute approximate surface area is 121 Å². The van der Waals surface area contributed by atoms with Gasteiger partial charge < -0.3 is 10.0 Å². The summed E-state index contributed by atoms with van der Waals surface area (Å²) in [5.41, 5.74) is 2.99. The largest absolute Gasteiger partial charge is 0.389 e. The van der Waals surface area contributed by atoms with E-state index in [9.17, 15) is 5.11 Å². The van der Waals surface area contributed by atoms with Gasteiger partial charge >= 0.3 is 0 Å². The molecule has 1 aliphatic heterocycles. The zero-order chi connectivity index (χ0) is 14.8. The van der Waals surface area contributed by atoms with Gasteiger partial charge in [0.2, 0.25) is 0 Å². The monoisotopic (exact) mass is 272 g/mol. The fraction of sp³-hybridized carbons (Fsp3) is 0.588. The summed E-state index contributed by atoms with van der Waals surface area (Å²) in [6.07, 6.45) is 3.02. The van der Waals surface area contributed by atoms with Gasteiger partial charge in [0.05, 0.1) is 17.7 Å². The number of hydrogen-bond acceptors (Lipinski definition) is 3. The SMILES string of the molecule is C[C@H](O)c1ccc(C#N)cc1N1CCCC(C)(C)CC1. The highest BCUT2D eigenvalue weighted by molar-refractivity contribution is 5.58. The maximum atomic E-state index is 9.96. The molecule has 0 spiro atoms. The van der Waals surface area contributed by atoms with Crippen LogP contribution in [-0.2, 0) is 0 Å². The van der Waals surface area contributed by atoms with Gasteiger partial charge in [-0.15, -0.1) is 0 Å². The summed E-state index contributed by atoms with van der Waals surface area (Å²) in [6, 6.07) is 7.78. The summed E-state index contributed by atoms with van der Waals surface area (Å²) < 4.78 is 0. The standard InChI is InChI=1S/C17H24N2O/c1-13(20)15-6-5-14(12-18)11-16(15)19-9-4-7-17(2,3)8-10-19/h5-6,11,13,20H,4,7-10H2,1-3H3/t13-/m0/s1. The van der Waals surface area contributed by atoms with Crippen LogP contribution in [0.5, 0.6) is 0 Å². The number of rotatable bonds is 2. The molecular weight excluding hydrogens is 248 g/mol. The van der Waals surface area contributed by atoms with Crippen molar-refractivity contribution in [3.63, 3.8) is 0 Å². The molecule has 3 heteroatoms. The molecule has 2 rings (SSSR count). The highest BCUT2D eigenvalue weighted by atomic mass is 16.3. The molecule has 0 radical (unpaired) electrons. The van der Waals surface area contributed by atoms with Crippen LogP contribution in [0.1, 0.15) is 57.3 Å². The lowest BCUT2D eigenvalue weighted by atomic mass is 9.85. The van der Waals surface area contributed by atoms with Crippen LogP contribution in [0.3, 0.4) is 0 Å². The van der Waals surface area contributed by atoms with E-state index >= 15 is 0 Å². The average molecular weight is 272 g/mol. The number of hydrogen-bond donors (Lipinski definition) is 1. The number of nitrogens with zero attached hydrogens (tertiary/aromatic N) is 2. The second-order valence-corrected chi connectivity index (χ2v) is 6.57. The van der Waals surface area contributed by atoms with Crippen LogP contribution >= 0.6 is 0 Å². The molecular formula is C17H24N2O. The Morgan fingerprint density at radius 2 is 2.05 bits per heavy atom. The van der Waals surface area contributed by atoms with Crippen molar-refractivity contribution < 1.29 is 5.11 Å². The number of aliphatic hydroxyl groups excluding tert-OH is 1. The van der Waals surface area contributed by atoms with Crippen molar-refractivity contribution in [2.75, 3.05) is 18.0 Å². The lowest BCUT2D eigenvalue weighted by molar-refractivity contribution is 0.199. The van der Waals surface area contributed by atoms with Crippen molar-refractivity contribution in [2.45, 2.75) is 46.1 Å². The van der Waals surface area contributed by atoms with Gasteiger partial charge in [0.25, 0.3) is 0 Å². The van der Waals surface area contributed by atoms with Gasteiger partial charge in [-0.3, -0.25) is 0 Å². The summed E-state index contributed by atoms with van der Waals surface area (Å²) in [6.45, 7) is 8.40. The van der Waals surface area contributed by atoms with E-state index in [2.05, 4.69) is 24.8 Å². The third-order valence-corrected chi connectivity index (χ3v) is 4.29. The molecule has 0 unspecified atom stereocenters. The Hall–Kier alpha value is -1.53. The molecule has 20 heavy (non-hydrogen) atoms. The summed E-state index contributed by atoms with van der Waals surface area (Å²) >= 11 is 0. The summed E-state index contributed by atoms with van der Waals surface area (Å²) in [5.74, 6) is 0. The van der Waals surface area contributed by atoms with Crippen molar-refractivity contribution in [3.8, 4) is 6.07 Å². The molecule has 108 valence electrons. The Bertz CT molecular complexity index is 514. The summed E-state index contributed by atoms with van der Waals surface area (Å²) in [7, 11) is 0. The van der Waals surface area contributed by atoms with Gasteiger partial charge in [-0.25, -0.2) is 0 Å². The summed E-state index contributed by atoms with van der Waals surface area (Å²) in [4.78, 5) is 2.33. The van der Waals surface area contributed by atoms with E-state index < -0.39 is 6.10 Å². The van der Waals surface area contributed by atoms with E-state index in [0.29, 0.717) is 11.0 Å². The van der Waals surface area contributed by atoms with Crippen LogP contribution in [0.2, 0.25) is 0 Å². The third kappa shape index (κ3) is 3.32. The molecule has 0 aromatic heterocycles. The minimum Gasteiger partial charge on any atom is -0.389 e. The minimum absolute atomic E-state index is 0.382. The molecule has 0 saturated carbocycles. The second kappa shape index (κ2) is 5.85. The normalized spacial score (nSPS) is 20.1. The molecule has 0 bridgehead atoms. The van der Waals surface area contributed by atoms with E-state index in [0.717, 1.165) is 37.2 Å². The highest BCUT2D eigenvalue weighted by Gasteiger charge is 2.24. The van der Waals surface area contributed by atoms with Gasteiger partial charge in [-0.2, -0.15) is 5.26 Å². The maximum Gasteiger partial charge on any atom is 0.0992 e. The molecule has 1 fully saturated rings. The minimum atomic E-state index is -0.506. The molecule has 1 aliphatic rings. The first-order valence-corrected chi connectivity index (χ1v) is 7.40. The fourth-order valence-corrected chi connectivity index (χ4v) is 2.90. The van der Waals surface area contributed by atoms with Crippen molar-refractivity contribution >= 4 is 5.69 Å². The molecule has 1 heterocycles. The highest BCUT2D eigenvalue weighted by Crippen LogP contribution is 2.34. The Balaban J connectivity index is 2.33. The molecule has 1 aromatic carbocycles. The smallest absolute Gasteiger partial charge is 0.0992 e. The average Bonchev–Trinajstić information content (AvgIpc) is 2.58. The van der Waals surface area contributed by atoms with E-state index in [1.807, 2.05) is 12.1 Å². The molecule has 3 nitrogen and oxygen atoms in total. The summed E-state index contributed by atoms with van der Waals surface area (Å²) in [5, 5.41) is 19.1.